The van der Waals surface area contributed by atoms with Crippen LogP contribution in [0, 0.1) is 5.82 Å². The second kappa shape index (κ2) is 5.99. The summed E-state index contributed by atoms with van der Waals surface area (Å²) in [5.41, 5.74) is 0. The maximum absolute atomic E-state index is 12.8. The van der Waals surface area contributed by atoms with Crippen LogP contribution in [0.4, 0.5) is 10.2 Å². The number of amides is 1. The van der Waals surface area contributed by atoms with Crippen LogP contribution in [0.5, 0.6) is 0 Å². The molecule has 0 saturated carbocycles. The molecule has 0 aromatic carbocycles. The van der Waals surface area contributed by atoms with E-state index in [4.69, 9.17) is 0 Å². The average molecular weight is 265 g/mol. The molecule has 1 fully saturated rings. The molecule has 1 N–H and O–H groups in total. The fourth-order valence-electron chi connectivity index (χ4n) is 2.42. The van der Waals surface area contributed by atoms with E-state index in [1.54, 1.807) is 6.07 Å². The molecule has 1 saturated heterocycles. The molecule has 0 radical (unpaired) electrons. The van der Waals surface area contributed by atoms with Crippen molar-refractivity contribution in [2.75, 3.05) is 11.9 Å². The Bertz CT molecular complexity index is 435. The summed E-state index contributed by atoms with van der Waals surface area (Å²) in [5.74, 6) is 0.222. The number of anilines is 1. The zero-order valence-corrected chi connectivity index (χ0v) is 11.4. The summed E-state index contributed by atoms with van der Waals surface area (Å²) in [6.45, 7) is 4.72. The third kappa shape index (κ3) is 3.43. The molecule has 19 heavy (non-hydrogen) atoms. The summed E-state index contributed by atoms with van der Waals surface area (Å²) in [6.07, 6.45) is 4.46. The SMILES string of the molecule is CC(Nc1ccc(F)cn1)C(=O)N1CCCCC1C. The number of nitrogens with one attached hydrogen (secondary N) is 1. The number of piperidine rings is 1. The molecule has 104 valence electrons. The van der Waals surface area contributed by atoms with Gasteiger partial charge in [0.15, 0.2) is 0 Å². The first-order chi connectivity index (χ1) is 9.08. The van der Waals surface area contributed by atoms with Crippen LogP contribution in [-0.4, -0.2) is 34.4 Å². The monoisotopic (exact) mass is 265 g/mol. The highest BCUT2D eigenvalue weighted by Crippen LogP contribution is 2.18. The predicted octanol–water partition coefficient (Wildman–Crippen LogP) is 2.42. The van der Waals surface area contributed by atoms with Gasteiger partial charge < -0.3 is 10.2 Å². The third-order valence-corrected chi connectivity index (χ3v) is 3.55. The fourth-order valence-corrected chi connectivity index (χ4v) is 2.42. The Morgan fingerprint density at radius 1 is 1.53 bits per heavy atom. The molecule has 1 aromatic rings. The van der Waals surface area contributed by atoms with E-state index in [9.17, 15) is 9.18 Å². The average Bonchev–Trinajstić information content (AvgIpc) is 2.41. The summed E-state index contributed by atoms with van der Waals surface area (Å²) in [6, 6.07) is 2.82. The van der Waals surface area contributed by atoms with Gasteiger partial charge >= 0.3 is 0 Å². The van der Waals surface area contributed by atoms with E-state index in [1.807, 2.05) is 11.8 Å². The van der Waals surface area contributed by atoms with E-state index < -0.39 is 0 Å². The molecule has 1 amide bonds. The molecule has 2 heterocycles. The molecule has 2 rings (SSSR count). The number of hydrogen-bond donors (Lipinski definition) is 1. The Kier molecular flexibility index (Phi) is 4.35. The summed E-state index contributed by atoms with van der Waals surface area (Å²) >= 11 is 0. The summed E-state index contributed by atoms with van der Waals surface area (Å²) < 4.78 is 12.8. The highest BCUT2D eigenvalue weighted by molar-refractivity contribution is 5.84. The van der Waals surface area contributed by atoms with E-state index in [1.165, 1.54) is 12.5 Å². The molecule has 0 bridgehead atoms. The standard InChI is InChI=1S/C14H20FN3O/c1-10-5-3-4-8-18(10)14(19)11(2)17-13-7-6-12(15)9-16-13/h6-7,9-11H,3-5,8H2,1-2H3,(H,16,17). The van der Waals surface area contributed by atoms with Crippen molar-refractivity contribution in [3.8, 4) is 0 Å². The summed E-state index contributed by atoms with van der Waals surface area (Å²) in [5, 5.41) is 3.02. The summed E-state index contributed by atoms with van der Waals surface area (Å²) in [7, 11) is 0. The molecule has 0 spiro atoms. The van der Waals surface area contributed by atoms with Gasteiger partial charge in [-0.15, -0.1) is 0 Å². The van der Waals surface area contributed by atoms with Crippen LogP contribution in [0.2, 0.25) is 0 Å². The number of halogens is 1. The molecule has 5 heteroatoms. The highest BCUT2D eigenvalue weighted by Gasteiger charge is 2.26. The molecule has 2 unspecified atom stereocenters. The van der Waals surface area contributed by atoms with Crippen molar-refractivity contribution in [2.24, 2.45) is 0 Å². The lowest BCUT2D eigenvalue weighted by molar-refractivity contribution is -0.134. The zero-order chi connectivity index (χ0) is 13.8. The lowest BCUT2D eigenvalue weighted by atomic mass is 10.0. The number of aromatic nitrogens is 1. The first-order valence-electron chi connectivity index (χ1n) is 6.76. The Morgan fingerprint density at radius 2 is 2.32 bits per heavy atom. The van der Waals surface area contributed by atoms with Gasteiger partial charge in [0.05, 0.1) is 6.20 Å². The lowest BCUT2D eigenvalue weighted by Gasteiger charge is -2.35. The van der Waals surface area contributed by atoms with Gasteiger partial charge in [-0.1, -0.05) is 0 Å². The molecular formula is C14H20FN3O. The molecular weight excluding hydrogens is 245 g/mol. The second-order valence-corrected chi connectivity index (χ2v) is 5.10. The van der Waals surface area contributed by atoms with E-state index >= 15 is 0 Å². The Balaban J connectivity index is 1.96. The maximum Gasteiger partial charge on any atom is 0.245 e. The van der Waals surface area contributed by atoms with Crippen LogP contribution in [0.3, 0.4) is 0 Å². The van der Waals surface area contributed by atoms with Gasteiger partial charge in [0.1, 0.15) is 17.7 Å². The van der Waals surface area contributed by atoms with Gasteiger partial charge in [0, 0.05) is 12.6 Å². The normalized spacial score (nSPS) is 21.0. The number of likely N-dealkylation sites (tertiary alicyclic amines) is 1. The van der Waals surface area contributed by atoms with E-state index in [-0.39, 0.29) is 17.8 Å². The van der Waals surface area contributed by atoms with E-state index in [0.717, 1.165) is 25.6 Å². The minimum atomic E-state index is -0.380. The molecule has 0 aliphatic carbocycles. The van der Waals surface area contributed by atoms with Gasteiger partial charge in [-0.25, -0.2) is 9.37 Å². The topological polar surface area (TPSA) is 45.2 Å². The first-order valence-corrected chi connectivity index (χ1v) is 6.76. The highest BCUT2D eigenvalue weighted by atomic mass is 19.1. The quantitative estimate of drug-likeness (QED) is 0.913. The van der Waals surface area contributed by atoms with Crippen LogP contribution in [0.15, 0.2) is 18.3 Å². The second-order valence-electron chi connectivity index (χ2n) is 5.10. The van der Waals surface area contributed by atoms with Crippen molar-refractivity contribution in [3.05, 3.63) is 24.1 Å². The van der Waals surface area contributed by atoms with Crippen molar-refractivity contribution < 1.29 is 9.18 Å². The number of carbonyl (C=O) groups excluding carboxylic acids is 1. The van der Waals surface area contributed by atoms with Crippen molar-refractivity contribution >= 4 is 11.7 Å². The van der Waals surface area contributed by atoms with Crippen LogP contribution in [0.25, 0.3) is 0 Å². The van der Waals surface area contributed by atoms with Crippen molar-refractivity contribution in [1.29, 1.82) is 0 Å². The maximum atomic E-state index is 12.8. The molecule has 1 aliphatic rings. The Morgan fingerprint density at radius 3 is 2.95 bits per heavy atom. The van der Waals surface area contributed by atoms with E-state index in [0.29, 0.717) is 11.9 Å². The van der Waals surface area contributed by atoms with Crippen LogP contribution in [-0.2, 0) is 4.79 Å². The zero-order valence-electron chi connectivity index (χ0n) is 11.4. The first kappa shape index (κ1) is 13.8. The van der Waals surface area contributed by atoms with Crippen molar-refractivity contribution in [3.63, 3.8) is 0 Å². The Labute approximate surface area is 113 Å². The van der Waals surface area contributed by atoms with Gasteiger partial charge in [-0.2, -0.15) is 0 Å². The molecule has 4 nitrogen and oxygen atoms in total. The van der Waals surface area contributed by atoms with Gasteiger partial charge in [-0.05, 0) is 45.2 Å². The minimum Gasteiger partial charge on any atom is -0.359 e. The number of nitrogens with zero attached hydrogens (tertiary/aromatic N) is 2. The number of hydrogen-bond acceptors (Lipinski definition) is 3. The van der Waals surface area contributed by atoms with Crippen LogP contribution in [0.1, 0.15) is 33.1 Å². The predicted molar refractivity (Wildman–Crippen MR) is 72.3 cm³/mol. The Hall–Kier alpha value is -1.65. The van der Waals surface area contributed by atoms with Gasteiger partial charge in [-0.3, -0.25) is 4.79 Å². The van der Waals surface area contributed by atoms with Crippen LogP contribution < -0.4 is 5.32 Å². The van der Waals surface area contributed by atoms with E-state index in [2.05, 4.69) is 17.2 Å². The minimum absolute atomic E-state index is 0.0818. The van der Waals surface area contributed by atoms with Crippen LogP contribution >= 0.6 is 0 Å². The third-order valence-electron chi connectivity index (χ3n) is 3.55. The number of carbonyl (C=O) groups is 1. The summed E-state index contributed by atoms with van der Waals surface area (Å²) in [4.78, 5) is 18.2. The fraction of sp³-hybridized carbons (Fsp3) is 0.571. The largest absolute Gasteiger partial charge is 0.359 e. The molecule has 2 atom stereocenters. The number of pyridine rings is 1. The lowest BCUT2D eigenvalue weighted by Crippen LogP contribution is -2.48. The molecule has 1 aromatic heterocycles. The number of rotatable bonds is 3. The van der Waals surface area contributed by atoms with Gasteiger partial charge in [0.2, 0.25) is 5.91 Å². The smallest absolute Gasteiger partial charge is 0.245 e. The van der Waals surface area contributed by atoms with Crippen molar-refractivity contribution in [2.45, 2.75) is 45.2 Å². The van der Waals surface area contributed by atoms with Crippen molar-refractivity contribution in [1.82, 2.24) is 9.88 Å². The van der Waals surface area contributed by atoms with Gasteiger partial charge in [0.25, 0.3) is 0 Å². The molecule has 1 aliphatic heterocycles.